The standard InChI is InChI=1S/C16H16N2O3S/c1-11-9-14(21-2)4-6-16(11)22(19,20)18-13-3-5-15-12(10-13)7-8-17-15/h3-10,17-18H,1-2H3. The number of benzene rings is 2. The predicted molar refractivity (Wildman–Crippen MR) is 86.8 cm³/mol. The summed E-state index contributed by atoms with van der Waals surface area (Å²) in [7, 11) is -2.09. The van der Waals surface area contributed by atoms with Gasteiger partial charge in [-0.2, -0.15) is 0 Å². The predicted octanol–water partition coefficient (Wildman–Crippen LogP) is 3.29. The third-order valence-corrected chi connectivity index (χ3v) is 5.02. The molecule has 3 rings (SSSR count). The molecule has 0 aliphatic heterocycles. The average Bonchev–Trinajstić information content (AvgIpc) is 2.93. The van der Waals surface area contributed by atoms with Crippen molar-refractivity contribution in [2.45, 2.75) is 11.8 Å². The van der Waals surface area contributed by atoms with Crippen molar-refractivity contribution in [3.63, 3.8) is 0 Å². The second kappa shape index (κ2) is 5.38. The lowest BCUT2D eigenvalue weighted by atomic mass is 10.2. The van der Waals surface area contributed by atoms with Gasteiger partial charge in [-0.3, -0.25) is 4.72 Å². The summed E-state index contributed by atoms with van der Waals surface area (Å²) in [6.07, 6.45) is 1.82. The molecular formula is C16H16N2O3S. The topological polar surface area (TPSA) is 71.2 Å². The number of aryl methyl sites for hydroxylation is 1. The molecule has 0 radical (unpaired) electrons. The molecule has 1 aromatic heterocycles. The van der Waals surface area contributed by atoms with Gasteiger partial charge >= 0.3 is 0 Å². The highest BCUT2D eigenvalue weighted by Gasteiger charge is 2.17. The Bertz CT molecular complexity index is 929. The maximum Gasteiger partial charge on any atom is 0.262 e. The van der Waals surface area contributed by atoms with Crippen molar-refractivity contribution in [1.82, 2.24) is 4.98 Å². The van der Waals surface area contributed by atoms with Crippen LogP contribution in [0.3, 0.4) is 0 Å². The fraction of sp³-hybridized carbons (Fsp3) is 0.125. The van der Waals surface area contributed by atoms with Crippen molar-refractivity contribution in [2.24, 2.45) is 0 Å². The third-order valence-electron chi connectivity index (χ3n) is 3.48. The number of H-pyrrole nitrogens is 1. The summed E-state index contributed by atoms with van der Waals surface area (Å²) >= 11 is 0. The first-order valence-corrected chi connectivity index (χ1v) is 8.22. The van der Waals surface area contributed by atoms with Crippen LogP contribution >= 0.6 is 0 Å². The summed E-state index contributed by atoms with van der Waals surface area (Å²) in [5.41, 5.74) is 2.13. The molecule has 6 heteroatoms. The van der Waals surface area contributed by atoms with Crippen molar-refractivity contribution >= 4 is 26.6 Å². The minimum atomic E-state index is -3.64. The van der Waals surface area contributed by atoms with E-state index in [2.05, 4.69) is 9.71 Å². The van der Waals surface area contributed by atoms with E-state index in [0.29, 0.717) is 17.0 Å². The largest absolute Gasteiger partial charge is 0.497 e. The van der Waals surface area contributed by atoms with Crippen molar-refractivity contribution in [1.29, 1.82) is 0 Å². The summed E-state index contributed by atoms with van der Waals surface area (Å²) in [6, 6.07) is 12.1. The van der Waals surface area contributed by atoms with Gasteiger partial charge in [0.15, 0.2) is 0 Å². The normalized spacial score (nSPS) is 11.5. The van der Waals surface area contributed by atoms with Gasteiger partial charge in [0.2, 0.25) is 0 Å². The molecule has 0 spiro atoms. The maximum atomic E-state index is 12.5. The average molecular weight is 316 g/mol. The van der Waals surface area contributed by atoms with Gasteiger partial charge < -0.3 is 9.72 Å². The molecule has 0 bridgehead atoms. The van der Waals surface area contributed by atoms with Crippen molar-refractivity contribution in [2.75, 3.05) is 11.8 Å². The first-order chi connectivity index (χ1) is 10.5. The van der Waals surface area contributed by atoms with Crippen LogP contribution in [0, 0.1) is 6.92 Å². The molecular weight excluding hydrogens is 300 g/mol. The van der Waals surface area contributed by atoms with E-state index >= 15 is 0 Å². The Kier molecular flexibility index (Phi) is 3.54. The van der Waals surface area contributed by atoms with Gasteiger partial charge in [0.1, 0.15) is 5.75 Å². The van der Waals surface area contributed by atoms with Crippen LogP contribution in [0.5, 0.6) is 5.75 Å². The monoisotopic (exact) mass is 316 g/mol. The van der Waals surface area contributed by atoms with Crippen LogP contribution in [-0.4, -0.2) is 20.5 Å². The number of aromatic nitrogens is 1. The van der Waals surface area contributed by atoms with Gasteiger partial charge in [0, 0.05) is 22.8 Å². The Morgan fingerprint density at radius 2 is 1.91 bits per heavy atom. The smallest absolute Gasteiger partial charge is 0.262 e. The lowest BCUT2D eigenvalue weighted by Gasteiger charge is -2.11. The van der Waals surface area contributed by atoms with Crippen LogP contribution < -0.4 is 9.46 Å². The molecule has 0 aliphatic rings. The van der Waals surface area contributed by atoms with Gasteiger partial charge in [-0.1, -0.05) is 0 Å². The molecule has 0 saturated carbocycles. The first-order valence-electron chi connectivity index (χ1n) is 6.74. The van der Waals surface area contributed by atoms with Crippen molar-refractivity contribution in [3.05, 3.63) is 54.2 Å². The van der Waals surface area contributed by atoms with Crippen LogP contribution in [0.25, 0.3) is 10.9 Å². The van der Waals surface area contributed by atoms with E-state index in [1.54, 1.807) is 44.4 Å². The van der Waals surface area contributed by atoms with Gasteiger partial charge in [0.05, 0.1) is 12.0 Å². The van der Waals surface area contributed by atoms with Gasteiger partial charge in [0.25, 0.3) is 10.0 Å². The molecule has 0 amide bonds. The second-order valence-electron chi connectivity index (χ2n) is 5.02. The van der Waals surface area contributed by atoms with Crippen LogP contribution in [0.2, 0.25) is 0 Å². The Balaban J connectivity index is 1.95. The highest BCUT2D eigenvalue weighted by atomic mass is 32.2. The Hall–Kier alpha value is -2.47. The number of hydrogen-bond acceptors (Lipinski definition) is 3. The highest BCUT2D eigenvalue weighted by Crippen LogP contribution is 2.25. The van der Waals surface area contributed by atoms with E-state index < -0.39 is 10.0 Å². The van der Waals surface area contributed by atoms with Crippen LogP contribution in [-0.2, 0) is 10.0 Å². The fourth-order valence-electron chi connectivity index (χ4n) is 2.38. The SMILES string of the molecule is COc1ccc(S(=O)(=O)Nc2ccc3[nH]ccc3c2)c(C)c1. The van der Waals surface area contributed by atoms with Crippen LogP contribution in [0.4, 0.5) is 5.69 Å². The van der Waals surface area contributed by atoms with E-state index in [1.165, 1.54) is 0 Å². The number of nitrogens with one attached hydrogen (secondary N) is 2. The Morgan fingerprint density at radius 1 is 1.09 bits per heavy atom. The molecule has 0 atom stereocenters. The quantitative estimate of drug-likeness (QED) is 0.776. The van der Waals surface area contributed by atoms with Crippen LogP contribution in [0.15, 0.2) is 53.6 Å². The number of methoxy groups -OCH3 is 1. The zero-order valence-electron chi connectivity index (χ0n) is 12.3. The highest BCUT2D eigenvalue weighted by molar-refractivity contribution is 7.92. The Morgan fingerprint density at radius 3 is 2.64 bits per heavy atom. The Labute approximate surface area is 129 Å². The number of aromatic amines is 1. The summed E-state index contributed by atoms with van der Waals surface area (Å²) in [5.74, 6) is 0.630. The number of anilines is 1. The molecule has 22 heavy (non-hydrogen) atoms. The van der Waals surface area contributed by atoms with Crippen LogP contribution in [0.1, 0.15) is 5.56 Å². The lowest BCUT2D eigenvalue weighted by Crippen LogP contribution is -2.14. The fourth-order valence-corrected chi connectivity index (χ4v) is 3.65. The van der Waals surface area contributed by atoms with Crippen molar-refractivity contribution in [3.8, 4) is 5.75 Å². The molecule has 0 saturated heterocycles. The molecule has 114 valence electrons. The summed E-state index contributed by atoms with van der Waals surface area (Å²) in [4.78, 5) is 3.31. The van der Waals surface area contributed by atoms with Crippen molar-refractivity contribution < 1.29 is 13.2 Å². The zero-order chi connectivity index (χ0) is 15.7. The molecule has 0 aliphatic carbocycles. The number of fused-ring (bicyclic) bond motifs is 1. The van der Waals surface area contributed by atoms with Gasteiger partial charge in [-0.05, 0) is 55.0 Å². The lowest BCUT2D eigenvalue weighted by molar-refractivity contribution is 0.414. The molecule has 2 aromatic carbocycles. The number of hydrogen-bond donors (Lipinski definition) is 2. The summed E-state index contributed by atoms with van der Waals surface area (Å²) in [6.45, 7) is 1.74. The first kappa shape index (κ1) is 14.5. The molecule has 5 nitrogen and oxygen atoms in total. The molecule has 1 heterocycles. The maximum absolute atomic E-state index is 12.5. The van der Waals surface area contributed by atoms with E-state index in [4.69, 9.17) is 4.74 Å². The number of rotatable bonds is 4. The molecule has 3 aromatic rings. The van der Waals surface area contributed by atoms with E-state index in [0.717, 1.165) is 10.9 Å². The minimum Gasteiger partial charge on any atom is -0.497 e. The molecule has 2 N–H and O–H groups in total. The van der Waals surface area contributed by atoms with E-state index in [9.17, 15) is 8.42 Å². The second-order valence-corrected chi connectivity index (χ2v) is 6.67. The minimum absolute atomic E-state index is 0.238. The third kappa shape index (κ3) is 2.65. The van der Waals surface area contributed by atoms with Gasteiger partial charge in [-0.25, -0.2) is 8.42 Å². The molecule has 0 unspecified atom stereocenters. The number of ether oxygens (including phenoxy) is 1. The zero-order valence-corrected chi connectivity index (χ0v) is 13.1. The summed E-state index contributed by atoms with van der Waals surface area (Å²) in [5, 5.41) is 0.951. The van der Waals surface area contributed by atoms with Gasteiger partial charge in [-0.15, -0.1) is 0 Å². The van der Waals surface area contributed by atoms with E-state index in [1.807, 2.05) is 18.3 Å². The summed E-state index contributed by atoms with van der Waals surface area (Å²) < 4.78 is 32.8. The van der Waals surface area contributed by atoms with E-state index in [-0.39, 0.29) is 4.90 Å². The number of sulfonamides is 1. The molecule has 0 fully saturated rings.